The van der Waals surface area contributed by atoms with Gasteiger partial charge in [0.25, 0.3) is 0 Å². The molecule has 0 radical (unpaired) electrons. The summed E-state index contributed by atoms with van der Waals surface area (Å²) in [7, 11) is 1.54. The number of hydrogen-bond donors (Lipinski definition) is 2. The Morgan fingerprint density at radius 2 is 1.78 bits per heavy atom. The Morgan fingerprint density at radius 3 is 2.46 bits per heavy atom. The number of aliphatic hydroxyl groups is 1. The van der Waals surface area contributed by atoms with Crippen LogP contribution in [0.1, 0.15) is 29.2 Å². The van der Waals surface area contributed by atoms with Gasteiger partial charge in [-0.2, -0.15) is 0 Å². The van der Waals surface area contributed by atoms with Crippen molar-refractivity contribution in [3.8, 4) is 5.75 Å². The number of hydrogen-bond acceptors (Lipinski definition) is 7. The smallest absolute Gasteiger partial charge is 0.235 e. The number of nitrogens with zero attached hydrogens (tertiary/aromatic N) is 1. The number of carbonyl (C=O) groups excluding carboxylic acids is 1. The molecular weight excluding hydrogens is 472 g/mol. The van der Waals surface area contributed by atoms with E-state index in [0.29, 0.717) is 49.5 Å². The third-order valence-corrected chi connectivity index (χ3v) is 5.80. The van der Waals surface area contributed by atoms with E-state index in [1.165, 1.54) is 7.11 Å². The van der Waals surface area contributed by atoms with Gasteiger partial charge < -0.3 is 29.4 Å². The normalized spacial score (nSPS) is 19.0. The summed E-state index contributed by atoms with van der Waals surface area (Å²) in [6, 6.07) is 13.8. The third kappa shape index (κ3) is 8.20. The molecule has 0 saturated heterocycles. The average molecular weight is 509 g/mol. The maximum Gasteiger partial charge on any atom is 0.235 e. The molecule has 1 atom stereocenters. The number of rotatable bonds is 11. The van der Waals surface area contributed by atoms with Crippen molar-refractivity contribution in [3.63, 3.8) is 0 Å². The molecule has 2 aromatic rings. The van der Waals surface area contributed by atoms with E-state index in [1.54, 1.807) is 13.0 Å². The number of aliphatic hydroxyl groups excluding tert-OH is 1. The van der Waals surface area contributed by atoms with Gasteiger partial charge in [0.2, 0.25) is 5.91 Å². The van der Waals surface area contributed by atoms with Gasteiger partial charge in [0, 0.05) is 11.6 Å². The first-order valence-electron chi connectivity index (χ1n) is 12.3. The lowest BCUT2D eigenvalue weighted by atomic mass is 10.0. The molecule has 1 unspecified atom stereocenters. The van der Waals surface area contributed by atoms with E-state index in [-0.39, 0.29) is 19.1 Å². The maximum atomic E-state index is 13.1. The van der Waals surface area contributed by atoms with E-state index in [0.717, 1.165) is 22.3 Å². The topological polar surface area (TPSA) is 98.6 Å². The first-order valence-corrected chi connectivity index (χ1v) is 12.3. The highest BCUT2D eigenvalue weighted by atomic mass is 16.5. The van der Waals surface area contributed by atoms with Crippen LogP contribution in [0.3, 0.4) is 0 Å². The second-order valence-electron chi connectivity index (χ2n) is 8.66. The van der Waals surface area contributed by atoms with Gasteiger partial charge in [-0.05, 0) is 55.7 Å². The molecule has 1 heterocycles. The van der Waals surface area contributed by atoms with Crippen molar-refractivity contribution in [2.24, 2.45) is 10.9 Å². The molecule has 0 aromatic heterocycles. The fourth-order valence-corrected chi connectivity index (χ4v) is 3.89. The van der Waals surface area contributed by atoms with Crippen LogP contribution in [0.25, 0.3) is 0 Å². The SMILES string of the molecule is CO/C1=C/C(OCCOCc2ccccc2)=C\CN=C(c2cc(C)c(OCCO)c(C)c2)NC(=O)C1C. The van der Waals surface area contributed by atoms with Crippen LogP contribution in [0.5, 0.6) is 5.75 Å². The Kier molecular flexibility index (Phi) is 10.7. The Balaban J connectivity index is 1.75. The standard InChI is InChI=1S/C29H36N2O6/c1-20-16-24(17-21(2)27(20)37-13-12-32)28-30-11-10-25(18-26(34-4)22(3)29(33)31-28)36-15-14-35-19-23-8-6-5-7-9-23/h5-10,16-18,22,32H,11-15,19H2,1-4H3,(H,30,31,33)/b25-10+,26-18+. The van der Waals surface area contributed by atoms with Crippen LogP contribution in [-0.4, -0.2) is 56.9 Å². The summed E-state index contributed by atoms with van der Waals surface area (Å²) >= 11 is 0. The van der Waals surface area contributed by atoms with Gasteiger partial charge in [-0.3, -0.25) is 9.79 Å². The Labute approximate surface area is 218 Å². The summed E-state index contributed by atoms with van der Waals surface area (Å²) in [5.74, 6) is 1.41. The molecule has 0 aliphatic carbocycles. The van der Waals surface area contributed by atoms with Gasteiger partial charge >= 0.3 is 0 Å². The first-order chi connectivity index (χ1) is 17.9. The summed E-state index contributed by atoms with van der Waals surface area (Å²) in [6.07, 6.45) is 3.57. The highest BCUT2D eigenvalue weighted by Crippen LogP contribution is 2.25. The number of carbonyl (C=O) groups is 1. The second kappa shape index (κ2) is 14.2. The molecule has 8 nitrogen and oxygen atoms in total. The summed E-state index contributed by atoms with van der Waals surface area (Å²) in [5.41, 5.74) is 3.64. The lowest BCUT2D eigenvalue weighted by Gasteiger charge is -2.19. The molecule has 37 heavy (non-hydrogen) atoms. The molecule has 3 rings (SSSR count). The van der Waals surface area contributed by atoms with E-state index in [4.69, 9.17) is 24.1 Å². The summed E-state index contributed by atoms with van der Waals surface area (Å²) in [5, 5.41) is 12.0. The average Bonchev–Trinajstić information content (AvgIpc) is 2.89. The molecule has 198 valence electrons. The summed E-state index contributed by atoms with van der Waals surface area (Å²) in [6.45, 7) is 7.33. The van der Waals surface area contributed by atoms with Gasteiger partial charge in [0.05, 0.1) is 39.4 Å². The number of ether oxygens (including phenoxy) is 4. The zero-order valence-corrected chi connectivity index (χ0v) is 22.0. The molecule has 1 aliphatic rings. The fraction of sp³-hybridized carbons (Fsp3) is 0.379. The monoisotopic (exact) mass is 508 g/mol. The van der Waals surface area contributed by atoms with Crippen molar-refractivity contribution in [1.29, 1.82) is 0 Å². The molecule has 1 aliphatic heterocycles. The minimum absolute atomic E-state index is 0.0630. The van der Waals surface area contributed by atoms with Gasteiger partial charge in [-0.25, -0.2) is 0 Å². The molecule has 0 bridgehead atoms. The van der Waals surface area contributed by atoms with Crippen LogP contribution in [-0.2, 0) is 25.6 Å². The van der Waals surface area contributed by atoms with Crippen LogP contribution in [0.4, 0.5) is 0 Å². The number of aryl methyl sites for hydroxylation is 2. The number of methoxy groups -OCH3 is 1. The highest BCUT2D eigenvalue weighted by molar-refractivity contribution is 6.09. The van der Waals surface area contributed by atoms with Crippen LogP contribution >= 0.6 is 0 Å². The van der Waals surface area contributed by atoms with E-state index >= 15 is 0 Å². The van der Waals surface area contributed by atoms with Gasteiger partial charge in [0.15, 0.2) is 0 Å². The Morgan fingerprint density at radius 1 is 1.05 bits per heavy atom. The number of benzene rings is 2. The van der Waals surface area contributed by atoms with Crippen molar-refractivity contribution >= 4 is 11.7 Å². The Hall–Kier alpha value is -3.62. The van der Waals surface area contributed by atoms with E-state index in [1.807, 2.05) is 62.4 Å². The van der Waals surface area contributed by atoms with E-state index < -0.39 is 5.92 Å². The van der Waals surface area contributed by atoms with Crippen molar-refractivity contribution in [2.45, 2.75) is 27.4 Å². The number of allylic oxidation sites excluding steroid dienone is 1. The minimum Gasteiger partial charge on any atom is -0.500 e. The van der Waals surface area contributed by atoms with Gasteiger partial charge in [0.1, 0.15) is 36.3 Å². The molecule has 2 aromatic carbocycles. The number of nitrogens with one attached hydrogen (secondary N) is 1. The zero-order valence-electron chi connectivity index (χ0n) is 22.0. The Bertz CT molecular complexity index is 1120. The van der Waals surface area contributed by atoms with Gasteiger partial charge in [-0.15, -0.1) is 0 Å². The highest BCUT2D eigenvalue weighted by Gasteiger charge is 2.23. The number of amidine groups is 1. The largest absolute Gasteiger partial charge is 0.500 e. The maximum absolute atomic E-state index is 13.1. The van der Waals surface area contributed by atoms with Crippen molar-refractivity contribution in [3.05, 3.63) is 88.4 Å². The quantitative estimate of drug-likeness (QED) is 0.448. The van der Waals surface area contributed by atoms with E-state index in [2.05, 4.69) is 10.3 Å². The molecule has 2 N–H and O–H groups in total. The molecule has 0 fully saturated rings. The predicted molar refractivity (Wildman–Crippen MR) is 142 cm³/mol. The van der Waals surface area contributed by atoms with Crippen LogP contribution in [0, 0.1) is 19.8 Å². The summed E-state index contributed by atoms with van der Waals surface area (Å²) < 4.78 is 22.8. The van der Waals surface area contributed by atoms with Crippen molar-refractivity contribution < 1.29 is 28.8 Å². The van der Waals surface area contributed by atoms with E-state index in [9.17, 15) is 4.79 Å². The predicted octanol–water partition coefficient (Wildman–Crippen LogP) is 3.83. The number of aliphatic imine (C=N–C) groups is 1. The van der Waals surface area contributed by atoms with Crippen molar-refractivity contribution in [2.75, 3.05) is 40.1 Å². The fourth-order valence-electron chi connectivity index (χ4n) is 3.89. The second-order valence-corrected chi connectivity index (χ2v) is 8.66. The lowest BCUT2D eigenvalue weighted by Crippen LogP contribution is -2.36. The zero-order chi connectivity index (χ0) is 26.6. The summed E-state index contributed by atoms with van der Waals surface area (Å²) in [4.78, 5) is 17.7. The molecule has 8 heteroatoms. The molecule has 1 amide bonds. The van der Waals surface area contributed by atoms with Crippen molar-refractivity contribution in [1.82, 2.24) is 5.32 Å². The lowest BCUT2D eigenvalue weighted by molar-refractivity contribution is -0.122. The van der Waals surface area contributed by atoms with Crippen LogP contribution in [0.15, 0.2) is 71.1 Å². The van der Waals surface area contributed by atoms with Gasteiger partial charge in [-0.1, -0.05) is 30.3 Å². The molecule has 0 saturated carbocycles. The molecule has 0 spiro atoms. The van der Waals surface area contributed by atoms with Crippen LogP contribution in [0.2, 0.25) is 0 Å². The molecular formula is C29H36N2O6. The first kappa shape index (κ1) is 28.0. The van der Waals surface area contributed by atoms with Crippen LogP contribution < -0.4 is 10.1 Å². The third-order valence-electron chi connectivity index (χ3n) is 5.80. The number of amides is 1. The minimum atomic E-state index is -0.566.